The van der Waals surface area contributed by atoms with E-state index >= 15 is 0 Å². The smallest absolute Gasteiger partial charge is 0.243 e. The van der Waals surface area contributed by atoms with E-state index in [9.17, 15) is 14.0 Å². The molecule has 0 radical (unpaired) electrons. The van der Waals surface area contributed by atoms with Gasteiger partial charge in [-0.1, -0.05) is 12.1 Å². The van der Waals surface area contributed by atoms with Crippen LogP contribution in [0.4, 0.5) is 4.39 Å². The minimum atomic E-state index is -0.411. The molecule has 0 spiro atoms. The first kappa shape index (κ1) is 13.5. The Kier molecular flexibility index (Phi) is 3.50. The van der Waals surface area contributed by atoms with Crippen molar-refractivity contribution in [1.29, 1.82) is 0 Å². The van der Waals surface area contributed by atoms with E-state index in [1.165, 1.54) is 6.07 Å². The molecular weight excluding hydrogens is 327 g/mol. The lowest BCUT2D eigenvalue weighted by atomic mass is 10.1. The van der Waals surface area contributed by atoms with Gasteiger partial charge < -0.3 is 10.2 Å². The van der Waals surface area contributed by atoms with Gasteiger partial charge in [0, 0.05) is 6.54 Å². The number of hydrogen-bond donors (Lipinski definition) is 1. The average Bonchev–Trinajstić information content (AvgIpc) is 3.23. The van der Waals surface area contributed by atoms with Crippen molar-refractivity contribution in [2.75, 3.05) is 6.54 Å². The molecule has 1 aliphatic carbocycles. The van der Waals surface area contributed by atoms with E-state index in [2.05, 4.69) is 21.2 Å². The van der Waals surface area contributed by atoms with Gasteiger partial charge in [-0.2, -0.15) is 0 Å². The van der Waals surface area contributed by atoms with Crippen LogP contribution in [0, 0.1) is 11.7 Å². The van der Waals surface area contributed by atoms with E-state index in [1.807, 2.05) is 0 Å². The second kappa shape index (κ2) is 5.16. The first-order chi connectivity index (χ1) is 9.58. The van der Waals surface area contributed by atoms with Crippen LogP contribution in [-0.2, 0) is 16.1 Å². The van der Waals surface area contributed by atoms with Crippen molar-refractivity contribution in [3.8, 4) is 0 Å². The van der Waals surface area contributed by atoms with Crippen LogP contribution in [0.3, 0.4) is 0 Å². The van der Waals surface area contributed by atoms with E-state index in [1.54, 1.807) is 17.0 Å². The normalized spacial score (nSPS) is 22.9. The molecule has 20 heavy (non-hydrogen) atoms. The van der Waals surface area contributed by atoms with Gasteiger partial charge in [-0.25, -0.2) is 4.39 Å². The lowest BCUT2D eigenvalue weighted by molar-refractivity contribution is -0.147. The first-order valence-corrected chi connectivity index (χ1v) is 7.37. The molecule has 1 heterocycles. The molecule has 1 saturated heterocycles. The quantitative estimate of drug-likeness (QED) is 0.912. The van der Waals surface area contributed by atoms with Crippen molar-refractivity contribution in [2.24, 2.45) is 5.92 Å². The Hall–Kier alpha value is -1.43. The molecule has 1 aliphatic heterocycles. The number of hydrogen-bond acceptors (Lipinski definition) is 2. The Morgan fingerprint density at radius 2 is 2.10 bits per heavy atom. The summed E-state index contributed by atoms with van der Waals surface area (Å²) in [5, 5.41) is 2.63. The van der Waals surface area contributed by atoms with E-state index in [4.69, 9.17) is 0 Å². The predicted octanol–water partition coefficient (Wildman–Crippen LogP) is 1.83. The highest BCUT2D eigenvalue weighted by atomic mass is 79.9. The number of benzene rings is 1. The van der Waals surface area contributed by atoms with Crippen molar-refractivity contribution in [2.45, 2.75) is 25.4 Å². The molecule has 0 aromatic heterocycles. The minimum Gasteiger partial charge on any atom is -0.345 e. The monoisotopic (exact) mass is 340 g/mol. The van der Waals surface area contributed by atoms with E-state index in [0.29, 0.717) is 10.0 Å². The molecule has 1 aromatic carbocycles. The summed E-state index contributed by atoms with van der Waals surface area (Å²) in [4.78, 5) is 25.6. The molecule has 1 unspecified atom stereocenters. The van der Waals surface area contributed by atoms with Crippen molar-refractivity contribution in [1.82, 2.24) is 10.2 Å². The van der Waals surface area contributed by atoms with Crippen molar-refractivity contribution in [3.05, 3.63) is 34.1 Å². The number of amides is 2. The molecular formula is C14H14BrFN2O2. The molecule has 1 atom stereocenters. The van der Waals surface area contributed by atoms with Gasteiger partial charge >= 0.3 is 0 Å². The van der Waals surface area contributed by atoms with Crippen LogP contribution in [0.5, 0.6) is 0 Å². The standard InChI is InChI=1S/C14H14BrFN2O2/c15-12-9(2-1-3-10(12)16)7-18-11(19)6-17-14(20)13(18)8-4-5-8/h1-3,8,13H,4-7H2,(H,17,20). The summed E-state index contributed by atoms with van der Waals surface area (Å²) in [5.41, 5.74) is 0.679. The Morgan fingerprint density at radius 3 is 2.80 bits per heavy atom. The van der Waals surface area contributed by atoms with E-state index < -0.39 is 6.04 Å². The summed E-state index contributed by atoms with van der Waals surface area (Å²) < 4.78 is 13.9. The topological polar surface area (TPSA) is 49.4 Å². The van der Waals surface area contributed by atoms with Crippen molar-refractivity contribution in [3.63, 3.8) is 0 Å². The summed E-state index contributed by atoms with van der Waals surface area (Å²) in [5.74, 6) is -0.330. The number of piperazine rings is 1. The Bertz CT molecular complexity index is 574. The van der Waals surface area contributed by atoms with Crippen LogP contribution in [0.25, 0.3) is 0 Å². The van der Waals surface area contributed by atoms with Crippen LogP contribution in [0.15, 0.2) is 22.7 Å². The zero-order chi connectivity index (χ0) is 14.3. The molecule has 2 fully saturated rings. The molecule has 4 nitrogen and oxygen atoms in total. The maximum atomic E-state index is 13.5. The number of nitrogens with one attached hydrogen (secondary N) is 1. The van der Waals surface area contributed by atoms with Crippen LogP contribution in [0.1, 0.15) is 18.4 Å². The molecule has 1 N–H and O–H groups in total. The number of rotatable bonds is 3. The van der Waals surface area contributed by atoms with Crippen molar-refractivity contribution < 1.29 is 14.0 Å². The third-order valence-electron chi connectivity index (χ3n) is 3.78. The Balaban J connectivity index is 1.88. The molecule has 2 aliphatic rings. The molecule has 1 aromatic rings. The third kappa shape index (κ3) is 2.44. The predicted molar refractivity (Wildman–Crippen MR) is 74.2 cm³/mol. The third-order valence-corrected chi connectivity index (χ3v) is 4.67. The second-order valence-corrected chi connectivity index (χ2v) is 6.03. The van der Waals surface area contributed by atoms with Crippen molar-refractivity contribution >= 4 is 27.7 Å². The highest BCUT2D eigenvalue weighted by molar-refractivity contribution is 9.10. The zero-order valence-corrected chi connectivity index (χ0v) is 12.3. The lowest BCUT2D eigenvalue weighted by Crippen LogP contribution is -2.58. The average molecular weight is 341 g/mol. The first-order valence-electron chi connectivity index (χ1n) is 6.58. The maximum Gasteiger partial charge on any atom is 0.243 e. The summed E-state index contributed by atoms with van der Waals surface area (Å²) >= 11 is 3.20. The molecule has 106 valence electrons. The highest BCUT2D eigenvalue weighted by Gasteiger charge is 2.44. The fourth-order valence-corrected chi connectivity index (χ4v) is 2.98. The maximum absolute atomic E-state index is 13.5. The van der Waals surface area contributed by atoms with Gasteiger partial charge in [0.05, 0.1) is 11.0 Å². The number of nitrogens with zero attached hydrogens (tertiary/aromatic N) is 1. The van der Waals surface area contributed by atoms with E-state index in [0.717, 1.165) is 12.8 Å². The van der Waals surface area contributed by atoms with Gasteiger partial charge in [0.15, 0.2) is 0 Å². The molecule has 2 amide bonds. The minimum absolute atomic E-state index is 0.0228. The lowest BCUT2D eigenvalue weighted by Gasteiger charge is -2.35. The van der Waals surface area contributed by atoms with Gasteiger partial charge in [-0.15, -0.1) is 0 Å². The van der Waals surface area contributed by atoms with Gasteiger partial charge in [-0.05, 0) is 46.3 Å². The Labute approximate surface area is 124 Å². The number of carbonyl (C=O) groups is 2. The number of carbonyl (C=O) groups excluding carboxylic acids is 2. The van der Waals surface area contributed by atoms with Gasteiger partial charge in [0.1, 0.15) is 11.9 Å². The van der Waals surface area contributed by atoms with Gasteiger partial charge in [0.25, 0.3) is 0 Å². The van der Waals surface area contributed by atoms with E-state index in [-0.39, 0.29) is 36.6 Å². The largest absolute Gasteiger partial charge is 0.345 e. The van der Waals surface area contributed by atoms with Crippen LogP contribution < -0.4 is 5.32 Å². The zero-order valence-electron chi connectivity index (χ0n) is 10.7. The highest BCUT2D eigenvalue weighted by Crippen LogP contribution is 2.37. The van der Waals surface area contributed by atoms with Crippen LogP contribution in [0.2, 0.25) is 0 Å². The summed E-state index contributed by atoms with van der Waals surface area (Å²) in [6.07, 6.45) is 1.93. The Morgan fingerprint density at radius 1 is 1.35 bits per heavy atom. The molecule has 0 bridgehead atoms. The fraction of sp³-hybridized carbons (Fsp3) is 0.429. The second-order valence-electron chi connectivity index (χ2n) is 5.23. The molecule has 3 rings (SSSR count). The van der Waals surface area contributed by atoms with Crippen LogP contribution in [-0.4, -0.2) is 29.3 Å². The molecule has 1 saturated carbocycles. The summed E-state index contributed by atoms with van der Waals surface area (Å²) in [6.45, 7) is 0.279. The summed E-state index contributed by atoms with van der Waals surface area (Å²) in [6, 6.07) is 4.32. The SMILES string of the molecule is O=C1NCC(=O)N(Cc2cccc(F)c2Br)C1C1CC1. The number of halogens is 2. The fourth-order valence-electron chi connectivity index (χ4n) is 2.59. The summed E-state index contributed by atoms with van der Waals surface area (Å²) in [7, 11) is 0. The van der Waals surface area contributed by atoms with Crippen LogP contribution >= 0.6 is 15.9 Å². The molecule has 6 heteroatoms. The van der Waals surface area contributed by atoms with Gasteiger partial charge in [0.2, 0.25) is 11.8 Å². The van der Waals surface area contributed by atoms with Gasteiger partial charge in [-0.3, -0.25) is 9.59 Å².